The van der Waals surface area contributed by atoms with Gasteiger partial charge in [-0.15, -0.1) is 0 Å². The number of rotatable bonds is 5. The summed E-state index contributed by atoms with van der Waals surface area (Å²) in [6.45, 7) is 7.67. The Labute approximate surface area is 129 Å². The summed E-state index contributed by atoms with van der Waals surface area (Å²) in [4.78, 5) is 11.6. The fraction of sp³-hybridized carbons (Fsp3) is 0.941. The minimum Gasteiger partial charge on any atom is -0.378 e. The van der Waals surface area contributed by atoms with Crippen LogP contribution in [0.3, 0.4) is 0 Å². The van der Waals surface area contributed by atoms with Crippen LogP contribution in [0.4, 0.5) is 0 Å². The van der Waals surface area contributed by atoms with Crippen molar-refractivity contribution in [1.29, 1.82) is 0 Å². The van der Waals surface area contributed by atoms with E-state index in [1.807, 2.05) is 0 Å². The molecule has 2 fully saturated rings. The molecule has 1 amide bonds. The zero-order chi connectivity index (χ0) is 15.7. The molecule has 0 aliphatic heterocycles. The van der Waals surface area contributed by atoms with E-state index in [2.05, 4.69) is 20.8 Å². The third-order valence-electron chi connectivity index (χ3n) is 5.50. The van der Waals surface area contributed by atoms with E-state index in [0.29, 0.717) is 18.1 Å². The van der Waals surface area contributed by atoms with Crippen molar-refractivity contribution >= 4 is 5.91 Å². The molecule has 0 heterocycles. The number of nitrogens with two attached hydrogens (primary N) is 2. The average molecular weight is 296 g/mol. The zero-order valence-electron chi connectivity index (χ0n) is 13.9. The summed E-state index contributed by atoms with van der Waals surface area (Å²) in [5.41, 5.74) is 11.3. The normalized spacial score (nSPS) is 39.3. The second-order valence-electron chi connectivity index (χ2n) is 8.19. The number of ether oxygens (including phenoxy) is 1. The van der Waals surface area contributed by atoms with Gasteiger partial charge in [0.25, 0.3) is 0 Å². The maximum Gasteiger partial charge on any atom is 0.237 e. The molecule has 21 heavy (non-hydrogen) atoms. The van der Waals surface area contributed by atoms with Crippen molar-refractivity contribution in [1.82, 2.24) is 0 Å². The van der Waals surface area contributed by atoms with E-state index in [4.69, 9.17) is 16.2 Å². The Bertz CT molecular complexity index is 383. The third kappa shape index (κ3) is 3.98. The molecule has 0 saturated heterocycles. The van der Waals surface area contributed by atoms with Crippen LogP contribution in [0.25, 0.3) is 0 Å². The minimum absolute atomic E-state index is 0.184. The highest BCUT2D eigenvalue weighted by Crippen LogP contribution is 2.40. The Kier molecular flexibility index (Phi) is 4.99. The van der Waals surface area contributed by atoms with E-state index >= 15 is 0 Å². The molecule has 0 bridgehead atoms. The summed E-state index contributed by atoms with van der Waals surface area (Å²) in [7, 11) is 0. The van der Waals surface area contributed by atoms with Gasteiger partial charge in [-0.2, -0.15) is 0 Å². The Morgan fingerprint density at radius 3 is 2.67 bits per heavy atom. The number of hydrogen-bond acceptors (Lipinski definition) is 3. The molecule has 4 heteroatoms. The van der Waals surface area contributed by atoms with Gasteiger partial charge in [0.2, 0.25) is 5.91 Å². The molecule has 0 aromatic heterocycles. The third-order valence-corrected chi connectivity index (χ3v) is 5.50. The van der Waals surface area contributed by atoms with Gasteiger partial charge in [0.05, 0.1) is 11.6 Å². The smallest absolute Gasteiger partial charge is 0.237 e. The van der Waals surface area contributed by atoms with Crippen molar-refractivity contribution in [2.75, 3.05) is 6.61 Å². The lowest BCUT2D eigenvalue weighted by Crippen LogP contribution is -2.54. The predicted octanol–water partition coefficient (Wildman–Crippen LogP) is 2.59. The number of amides is 1. The van der Waals surface area contributed by atoms with Crippen LogP contribution >= 0.6 is 0 Å². The topological polar surface area (TPSA) is 78.3 Å². The standard InChI is InChI=1S/C17H32N2O2/c1-12-9-14(11-16(2,3)10-12)21-8-6-13-5-4-7-17(13,19)15(18)20/h12-14H,4-11,19H2,1-3H3,(H2,18,20). The fourth-order valence-electron chi connectivity index (χ4n) is 4.59. The highest BCUT2D eigenvalue weighted by molar-refractivity contribution is 5.85. The maximum absolute atomic E-state index is 11.6. The SMILES string of the molecule is CC1CC(OCCC2CCCC2(N)C(N)=O)CC(C)(C)C1. The first kappa shape index (κ1) is 16.8. The summed E-state index contributed by atoms with van der Waals surface area (Å²) in [6, 6.07) is 0. The van der Waals surface area contributed by atoms with Gasteiger partial charge < -0.3 is 16.2 Å². The summed E-state index contributed by atoms with van der Waals surface area (Å²) in [5, 5.41) is 0. The van der Waals surface area contributed by atoms with Crippen LogP contribution in [0.15, 0.2) is 0 Å². The van der Waals surface area contributed by atoms with Gasteiger partial charge in [0, 0.05) is 6.61 Å². The van der Waals surface area contributed by atoms with E-state index in [0.717, 1.165) is 44.4 Å². The molecule has 122 valence electrons. The van der Waals surface area contributed by atoms with Crippen LogP contribution in [-0.4, -0.2) is 24.2 Å². The molecule has 4 N–H and O–H groups in total. The van der Waals surface area contributed by atoms with E-state index in [1.165, 1.54) is 6.42 Å². The molecular formula is C17H32N2O2. The first-order valence-electron chi connectivity index (χ1n) is 8.43. The first-order chi connectivity index (χ1) is 9.73. The van der Waals surface area contributed by atoms with Crippen LogP contribution in [0.5, 0.6) is 0 Å². The molecule has 0 radical (unpaired) electrons. The van der Waals surface area contributed by atoms with Crippen LogP contribution < -0.4 is 11.5 Å². The minimum atomic E-state index is -0.803. The maximum atomic E-state index is 11.6. The van der Waals surface area contributed by atoms with Gasteiger partial charge in [-0.3, -0.25) is 4.79 Å². The second kappa shape index (κ2) is 6.25. The molecule has 2 aliphatic rings. The Morgan fingerprint density at radius 2 is 2.05 bits per heavy atom. The van der Waals surface area contributed by atoms with Gasteiger partial charge in [-0.1, -0.05) is 27.2 Å². The van der Waals surface area contributed by atoms with Gasteiger partial charge in [-0.25, -0.2) is 0 Å². The van der Waals surface area contributed by atoms with E-state index in [-0.39, 0.29) is 11.8 Å². The molecule has 0 aromatic carbocycles. The highest BCUT2D eigenvalue weighted by atomic mass is 16.5. The lowest BCUT2D eigenvalue weighted by atomic mass is 9.71. The summed E-state index contributed by atoms with van der Waals surface area (Å²) in [5.74, 6) is 0.561. The highest BCUT2D eigenvalue weighted by Gasteiger charge is 2.44. The second-order valence-corrected chi connectivity index (χ2v) is 8.19. The number of carbonyl (C=O) groups excluding carboxylic acids is 1. The van der Waals surface area contributed by atoms with Crippen molar-refractivity contribution in [3.8, 4) is 0 Å². The fourth-order valence-corrected chi connectivity index (χ4v) is 4.59. The molecule has 0 spiro atoms. The van der Waals surface area contributed by atoms with E-state index in [1.54, 1.807) is 0 Å². The number of carbonyl (C=O) groups is 1. The van der Waals surface area contributed by atoms with Crippen molar-refractivity contribution in [2.45, 2.75) is 77.4 Å². The van der Waals surface area contributed by atoms with Gasteiger partial charge in [-0.05, 0) is 55.8 Å². The lowest BCUT2D eigenvalue weighted by molar-refractivity contribution is -0.124. The van der Waals surface area contributed by atoms with Crippen LogP contribution in [0.1, 0.15) is 65.7 Å². The van der Waals surface area contributed by atoms with E-state index < -0.39 is 5.54 Å². The molecule has 4 atom stereocenters. The summed E-state index contributed by atoms with van der Waals surface area (Å²) < 4.78 is 6.12. The molecule has 2 saturated carbocycles. The molecule has 0 aromatic rings. The quantitative estimate of drug-likeness (QED) is 0.818. The van der Waals surface area contributed by atoms with Crippen molar-refractivity contribution in [3.05, 3.63) is 0 Å². The summed E-state index contributed by atoms with van der Waals surface area (Å²) in [6.07, 6.45) is 7.48. The van der Waals surface area contributed by atoms with Crippen LogP contribution in [0.2, 0.25) is 0 Å². The van der Waals surface area contributed by atoms with Gasteiger partial charge >= 0.3 is 0 Å². The van der Waals surface area contributed by atoms with Crippen LogP contribution in [-0.2, 0) is 9.53 Å². The lowest BCUT2D eigenvalue weighted by Gasteiger charge is -2.39. The molecule has 2 aliphatic carbocycles. The van der Waals surface area contributed by atoms with Crippen molar-refractivity contribution < 1.29 is 9.53 Å². The zero-order valence-corrected chi connectivity index (χ0v) is 13.9. The molecular weight excluding hydrogens is 264 g/mol. The van der Waals surface area contributed by atoms with Crippen LogP contribution in [0, 0.1) is 17.3 Å². The van der Waals surface area contributed by atoms with Crippen molar-refractivity contribution in [3.63, 3.8) is 0 Å². The molecule has 2 rings (SSSR count). The molecule has 4 unspecified atom stereocenters. The Hall–Kier alpha value is -0.610. The number of hydrogen-bond donors (Lipinski definition) is 2. The predicted molar refractivity (Wildman–Crippen MR) is 84.6 cm³/mol. The summed E-state index contributed by atoms with van der Waals surface area (Å²) >= 11 is 0. The largest absolute Gasteiger partial charge is 0.378 e. The number of primary amides is 1. The monoisotopic (exact) mass is 296 g/mol. The molecule has 4 nitrogen and oxygen atoms in total. The van der Waals surface area contributed by atoms with E-state index in [9.17, 15) is 4.79 Å². The van der Waals surface area contributed by atoms with Gasteiger partial charge in [0.15, 0.2) is 0 Å². The van der Waals surface area contributed by atoms with Crippen molar-refractivity contribution in [2.24, 2.45) is 28.7 Å². The Balaban J connectivity index is 1.80. The first-order valence-corrected chi connectivity index (χ1v) is 8.43. The Morgan fingerprint density at radius 1 is 1.33 bits per heavy atom. The van der Waals surface area contributed by atoms with Gasteiger partial charge in [0.1, 0.15) is 0 Å². The average Bonchev–Trinajstić information content (AvgIpc) is 2.70.